The molecule has 16 heavy (non-hydrogen) atoms. The Bertz CT molecular complexity index is 357. The topological polar surface area (TPSA) is 68.0 Å². The lowest BCUT2D eigenvalue weighted by atomic mass is 10.1. The summed E-state index contributed by atoms with van der Waals surface area (Å²) in [6, 6.07) is 1.53. The van der Waals surface area contributed by atoms with Crippen molar-refractivity contribution in [1.29, 1.82) is 0 Å². The average Bonchev–Trinajstić information content (AvgIpc) is 2.21. The Balaban J connectivity index is 2.49. The van der Waals surface area contributed by atoms with Gasteiger partial charge in [-0.1, -0.05) is 24.9 Å². The molecule has 0 saturated heterocycles. The maximum Gasteiger partial charge on any atom is 0.226 e. The van der Waals surface area contributed by atoms with E-state index in [0.29, 0.717) is 17.1 Å². The molecular weight excluding hydrogens is 226 g/mol. The number of anilines is 1. The molecule has 1 heterocycles. The minimum atomic E-state index is -0.129. The SMILES string of the molecule is CCCC(N)CC(=O)Nc1cnccc1Cl. The Labute approximate surface area is 100 Å². The van der Waals surface area contributed by atoms with Crippen LogP contribution in [0.1, 0.15) is 26.2 Å². The molecule has 0 radical (unpaired) electrons. The molecule has 1 aromatic heterocycles. The van der Waals surface area contributed by atoms with Crippen molar-refractivity contribution < 1.29 is 4.79 Å². The van der Waals surface area contributed by atoms with Gasteiger partial charge in [0.15, 0.2) is 0 Å². The van der Waals surface area contributed by atoms with E-state index in [1.54, 1.807) is 12.3 Å². The highest BCUT2D eigenvalue weighted by Crippen LogP contribution is 2.19. The first-order valence-electron chi connectivity index (χ1n) is 5.28. The van der Waals surface area contributed by atoms with Gasteiger partial charge in [0, 0.05) is 18.7 Å². The van der Waals surface area contributed by atoms with Gasteiger partial charge < -0.3 is 11.1 Å². The lowest BCUT2D eigenvalue weighted by molar-refractivity contribution is -0.116. The fourth-order valence-electron chi connectivity index (χ4n) is 1.38. The molecule has 0 aromatic carbocycles. The fourth-order valence-corrected chi connectivity index (χ4v) is 1.53. The highest BCUT2D eigenvalue weighted by molar-refractivity contribution is 6.33. The number of carbonyl (C=O) groups is 1. The normalized spacial score (nSPS) is 12.2. The maximum atomic E-state index is 11.6. The zero-order valence-electron chi connectivity index (χ0n) is 9.24. The average molecular weight is 242 g/mol. The van der Waals surface area contributed by atoms with Crippen molar-refractivity contribution in [2.24, 2.45) is 5.73 Å². The van der Waals surface area contributed by atoms with E-state index in [4.69, 9.17) is 17.3 Å². The largest absolute Gasteiger partial charge is 0.327 e. The molecule has 0 aliphatic rings. The Morgan fingerprint density at radius 2 is 2.44 bits per heavy atom. The lowest BCUT2D eigenvalue weighted by Gasteiger charge is -2.10. The number of rotatable bonds is 5. The van der Waals surface area contributed by atoms with Gasteiger partial charge in [-0.25, -0.2) is 0 Å². The predicted molar refractivity (Wildman–Crippen MR) is 65.4 cm³/mol. The van der Waals surface area contributed by atoms with Crippen LogP contribution in [0.15, 0.2) is 18.5 Å². The molecular formula is C11H16ClN3O. The second-order valence-corrected chi connectivity index (χ2v) is 4.06. The van der Waals surface area contributed by atoms with Crippen molar-refractivity contribution in [3.63, 3.8) is 0 Å². The van der Waals surface area contributed by atoms with Gasteiger partial charge in [0.05, 0.1) is 16.9 Å². The van der Waals surface area contributed by atoms with Crippen LogP contribution >= 0.6 is 11.6 Å². The second-order valence-electron chi connectivity index (χ2n) is 3.66. The summed E-state index contributed by atoms with van der Waals surface area (Å²) < 4.78 is 0. The van der Waals surface area contributed by atoms with Crippen LogP contribution in [0, 0.1) is 0 Å². The number of nitrogens with one attached hydrogen (secondary N) is 1. The van der Waals surface area contributed by atoms with E-state index in [-0.39, 0.29) is 11.9 Å². The van der Waals surface area contributed by atoms with Crippen molar-refractivity contribution in [1.82, 2.24) is 4.98 Å². The molecule has 0 saturated carbocycles. The minimum Gasteiger partial charge on any atom is -0.327 e. The first-order valence-corrected chi connectivity index (χ1v) is 5.66. The summed E-state index contributed by atoms with van der Waals surface area (Å²) in [6.07, 6.45) is 5.21. The predicted octanol–water partition coefficient (Wildman–Crippen LogP) is 2.19. The van der Waals surface area contributed by atoms with Crippen molar-refractivity contribution in [3.05, 3.63) is 23.5 Å². The van der Waals surface area contributed by atoms with E-state index >= 15 is 0 Å². The standard InChI is InChI=1S/C11H16ClN3O/c1-2-3-8(13)6-11(16)15-10-7-14-5-4-9(10)12/h4-5,7-8H,2-3,6,13H2,1H3,(H,15,16). The third kappa shape index (κ3) is 4.16. The van der Waals surface area contributed by atoms with E-state index in [9.17, 15) is 4.79 Å². The second kappa shape index (κ2) is 6.45. The van der Waals surface area contributed by atoms with Crippen LogP contribution in [0.3, 0.4) is 0 Å². The molecule has 0 spiro atoms. The van der Waals surface area contributed by atoms with Crippen LogP contribution in [-0.4, -0.2) is 16.9 Å². The molecule has 0 bridgehead atoms. The number of pyridine rings is 1. The summed E-state index contributed by atoms with van der Waals surface area (Å²) in [5.41, 5.74) is 6.29. The number of hydrogen-bond acceptors (Lipinski definition) is 3. The van der Waals surface area contributed by atoms with Gasteiger partial charge in [-0.15, -0.1) is 0 Å². The fraction of sp³-hybridized carbons (Fsp3) is 0.455. The van der Waals surface area contributed by atoms with Gasteiger partial charge in [0.2, 0.25) is 5.91 Å². The van der Waals surface area contributed by atoms with Gasteiger partial charge in [-0.05, 0) is 12.5 Å². The molecule has 0 fully saturated rings. The van der Waals surface area contributed by atoms with Crippen LogP contribution in [0.4, 0.5) is 5.69 Å². The number of amides is 1. The summed E-state index contributed by atoms with van der Waals surface area (Å²) in [5, 5.41) is 3.17. The lowest BCUT2D eigenvalue weighted by Crippen LogP contribution is -2.26. The van der Waals surface area contributed by atoms with E-state index in [2.05, 4.69) is 10.3 Å². The van der Waals surface area contributed by atoms with E-state index in [1.807, 2.05) is 6.92 Å². The molecule has 1 rings (SSSR count). The van der Waals surface area contributed by atoms with Crippen LogP contribution < -0.4 is 11.1 Å². The van der Waals surface area contributed by atoms with Crippen molar-refractivity contribution in [3.8, 4) is 0 Å². The number of hydrogen-bond donors (Lipinski definition) is 2. The molecule has 1 unspecified atom stereocenters. The monoisotopic (exact) mass is 241 g/mol. The molecule has 0 aliphatic heterocycles. The number of halogens is 1. The minimum absolute atomic E-state index is 0.0968. The summed E-state index contributed by atoms with van der Waals surface area (Å²) in [7, 11) is 0. The van der Waals surface area contributed by atoms with Gasteiger partial charge in [-0.2, -0.15) is 0 Å². The van der Waals surface area contributed by atoms with Crippen molar-refractivity contribution >= 4 is 23.2 Å². The molecule has 0 aliphatic carbocycles. The van der Waals surface area contributed by atoms with Crippen LogP contribution in [0.5, 0.6) is 0 Å². The smallest absolute Gasteiger partial charge is 0.226 e. The molecule has 5 heteroatoms. The van der Waals surface area contributed by atoms with Gasteiger partial charge in [-0.3, -0.25) is 9.78 Å². The van der Waals surface area contributed by atoms with E-state index in [1.165, 1.54) is 6.20 Å². The Morgan fingerprint density at radius 1 is 1.69 bits per heavy atom. The summed E-state index contributed by atoms with van der Waals surface area (Å²) in [6.45, 7) is 2.04. The van der Waals surface area contributed by atoms with Crippen LogP contribution in [0.25, 0.3) is 0 Å². The quantitative estimate of drug-likeness (QED) is 0.830. The summed E-state index contributed by atoms with van der Waals surface area (Å²) in [4.78, 5) is 15.5. The first kappa shape index (κ1) is 12.9. The van der Waals surface area contributed by atoms with Crippen molar-refractivity contribution in [2.45, 2.75) is 32.2 Å². The van der Waals surface area contributed by atoms with Crippen LogP contribution in [0.2, 0.25) is 5.02 Å². The third-order valence-corrected chi connectivity index (χ3v) is 2.48. The van der Waals surface area contributed by atoms with E-state index in [0.717, 1.165) is 12.8 Å². The molecule has 88 valence electrons. The number of carbonyl (C=O) groups excluding carboxylic acids is 1. The Kier molecular flexibility index (Phi) is 5.22. The number of nitrogens with zero attached hydrogens (tertiary/aromatic N) is 1. The molecule has 1 atom stereocenters. The maximum absolute atomic E-state index is 11.6. The van der Waals surface area contributed by atoms with Gasteiger partial charge in [0.25, 0.3) is 0 Å². The third-order valence-electron chi connectivity index (χ3n) is 2.15. The van der Waals surface area contributed by atoms with Crippen molar-refractivity contribution in [2.75, 3.05) is 5.32 Å². The summed E-state index contributed by atoms with van der Waals surface area (Å²) in [5.74, 6) is -0.129. The number of nitrogens with two attached hydrogens (primary N) is 1. The Morgan fingerprint density at radius 3 is 3.06 bits per heavy atom. The molecule has 4 nitrogen and oxygen atoms in total. The van der Waals surface area contributed by atoms with Gasteiger partial charge >= 0.3 is 0 Å². The zero-order chi connectivity index (χ0) is 12.0. The first-order chi connectivity index (χ1) is 7.63. The molecule has 3 N–H and O–H groups in total. The molecule has 1 amide bonds. The zero-order valence-corrected chi connectivity index (χ0v) is 10.00. The summed E-state index contributed by atoms with van der Waals surface area (Å²) >= 11 is 5.88. The highest BCUT2D eigenvalue weighted by atomic mass is 35.5. The van der Waals surface area contributed by atoms with Gasteiger partial charge in [0.1, 0.15) is 0 Å². The Hall–Kier alpha value is -1.13. The number of aromatic nitrogens is 1. The van der Waals surface area contributed by atoms with E-state index < -0.39 is 0 Å². The highest BCUT2D eigenvalue weighted by Gasteiger charge is 2.10. The molecule has 1 aromatic rings. The van der Waals surface area contributed by atoms with Crippen LogP contribution in [-0.2, 0) is 4.79 Å².